The zero-order valence-corrected chi connectivity index (χ0v) is 10.1. The highest BCUT2D eigenvalue weighted by atomic mass is 16.4. The molecule has 0 fully saturated rings. The van der Waals surface area contributed by atoms with Gasteiger partial charge in [0.2, 0.25) is 0 Å². The molecule has 2 N–H and O–H groups in total. The van der Waals surface area contributed by atoms with Crippen LogP contribution in [0.15, 0.2) is 18.2 Å². The number of benzene rings is 1. The van der Waals surface area contributed by atoms with E-state index in [2.05, 4.69) is 5.32 Å². The van der Waals surface area contributed by atoms with Crippen molar-refractivity contribution in [1.29, 1.82) is 0 Å². The van der Waals surface area contributed by atoms with E-state index in [9.17, 15) is 9.59 Å². The molecule has 0 amide bonds. The van der Waals surface area contributed by atoms with Gasteiger partial charge in [0.25, 0.3) is 5.78 Å². The van der Waals surface area contributed by atoms with Gasteiger partial charge in [-0.25, -0.2) is 4.79 Å². The summed E-state index contributed by atoms with van der Waals surface area (Å²) >= 11 is 0. The van der Waals surface area contributed by atoms with Gasteiger partial charge in [-0.05, 0) is 37.6 Å². The van der Waals surface area contributed by atoms with Crippen molar-refractivity contribution >= 4 is 11.8 Å². The number of carboxylic acid groups (broad SMARTS) is 1. The van der Waals surface area contributed by atoms with E-state index in [4.69, 9.17) is 5.11 Å². The van der Waals surface area contributed by atoms with Crippen LogP contribution in [0.2, 0.25) is 0 Å². The van der Waals surface area contributed by atoms with Crippen LogP contribution in [0.25, 0.3) is 0 Å². The fourth-order valence-electron chi connectivity index (χ4n) is 1.84. The minimum atomic E-state index is -1.40. The van der Waals surface area contributed by atoms with Crippen LogP contribution in [-0.4, -0.2) is 30.5 Å². The summed E-state index contributed by atoms with van der Waals surface area (Å²) in [5.74, 6) is -2.23. The minimum absolute atomic E-state index is 0.312. The lowest BCUT2D eigenvalue weighted by atomic mass is 9.94. The molecule has 0 heterocycles. The first-order valence-electron chi connectivity index (χ1n) is 5.64. The third-order valence-corrected chi connectivity index (χ3v) is 2.72. The maximum atomic E-state index is 11.6. The normalized spacial score (nSPS) is 10.2. The number of Topliss-reactive ketones (excluding diaryl/α,β-unsaturated/α-hetero) is 1. The number of rotatable bonds is 6. The van der Waals surface area contributed by atoms with Crippen LogP contribution >= 0.6 is 0 Å². The van der Waals surface area contributed by atoms with Gasteiger partial charge in [-0.2, -0.15) is 0 Å². The smallest absolute Gasteiger partial charge is 0.377 e. The van der Waals surface area contributed by atoms with Crippen molar-refractivity contribution in [2.24, 2.45) is 0 Å². The first kappa shape index (κ1) is 13.4. The van der Waals surface area contributed by atoms with Gasteiger partial charge in [-0.15, -0.1) is 0 Å². The predicted octanol–water partition coefficient (Wildman–Crippen LogP) is 1.28. The number of hydrogen-bond acceptors (Lipinski definition) is 3. The SMILES string of the molecule is CCc1cccc(C(=O)C(=O)O)c1CCNC. The maximum absolute atomic E-state index is 11.6. The highest BCUT2D eigenvalue weighted by molar-refractivity contribution is 6.40. The Hall–Kier alpha value is -1.68. The number of ketones is 1. The molecule has 0 saturated carbocycles. The number of aryl methyl sites for hydroxylation is 1. The largest absolute Gasteiger partial charge is 0.475 e. The average molecular weight is 235 g/mol. The Kier molecular flexibility index (Phi) is 4.84. The summed E-state index contributed by atoms with van der Waals surface area (Å²) in [6.07, 6.45) is 1.45. The van der Waals surface area contributed by atoms with E-state index in [1.54, 1.807) is 12.1 Å². The van der Waals surface area contributed by atoms with E-state index < -0.39 is 11.8 Å². The molecule has 1 aromatic rings. The zero-order chi connectivity index (χ0) is 12.8. The maximum Gasteiger partial charge on any atom is 0.377 e. The molecule has 4 heteroatoms. The molecule has 0 saturated heterocycles. The number of aliphatic carboxylic acids is 1. The van der Waals surface area contributed by atoms with E-state index >= 15 is 0 Å². The molecule has 0 aliphatic heterocycles. The second kappa shape index (κ2) is 6.15. The summed E-state index contributed by atoms with van der Waals surface area (Å²) < 4.78 is 0. The molecule has 0 radical (unpaired) electrons. The number of hydrogen-bond donors (Lipinski definition) is 2. The van der Waals surface area contributed by atoms with Gasteiger partial charge in [-0.3, -0.25) is 4.79 Å². The third-order valence-electron chi connectivity index (χ3n) is 2.72. The van der Waals surface area contributed by atoms with Gasteiger partial charge in [0.1, 0.15) is 0 Å². The lowest BCUT2D eigenvalue weighted by Crippen LogP contribution is -2.19. The molecule has 0 unspecified atom stereocenters. The van der Waals surface area contributed by atoms with Crippen molar-refractivity contribution in [2.45, 2.75) is 19.8 Å². The molecule has 92 valence electrons. The zero-order valence-electron chi connectivity index (χ0n) is 10.1. The van der Waals surface area contributed by atoms with E-state index in [1.165, 1.54) is 0 Å². The van der Waals surface area contributed by atoms with Gasteiger partial charge >= 0.3 is 5.97 Å². The second-order valence-electron chi connectivity index (χ2n) is 3.78. The average Bonchev–Trinajstić information content (AvgIpc) is 2.34. The molecule has 0 spiro atoms. The van der Waals surface area contributed by atoms with Crippen LogP contribution in [0.3, 0.4) is 0 Å². The van der Waals surface area contributed by atoms with E-state index in [0.717, 1.165) is 24.1 Å². The molecule has 0 atom stereocenters. The molecular formula is C13H17NO3. The molecule has 0 aromatic heterocycles. The van der Waals surface area contributed by atoms with E-state index in [1.807, 2.05) is 20.0 Å². The van der Waals surface area contributed by atoms with Gasteiger partial charge in [0.05, 0.1) is 0 Å². The van der Waals surface area contributed by atoms with Crippen LogP contribution in [0.5, 0.6) is 0 Å². The summed E-state index contributed by atoms with van der Waals surface area (Å²) in [5, 5.41) is 11.8. The second-order valence-corrected chi connectivity index (χ2v) is 3.78. The third kappa shape index (κ3) is 3.14. The van der Waals surface area contributed by atoms with E-state index in [-0.39, 0.29) is 0 Å². The number of carbonyl (C=O) groups is 2. The lowest BCUT2D eigenvalue weighted by molar-refractivity contribution is -0.131. The van der Waals surface area contributed by atoms with E-state index in [0.29, 0.717) is 12.0 Å². The highest BCUT2D eigenvalue weighted by Crippen LogP contribution is 2.17. The van der Waals surface area contributed by atoms with Crippen molar-refractivity contribution in [1.82, 2.24) is 5.32 Å². The molecular weight excluding hydrogens is 218 g/mol. The van der Waals surface area contributed by atoms with Gasteiger partial charge in [0.15, 0.2) is 0 Å². The van der Waals surface area contributed by atoms with Crippen molar-refractivity contribution in [3.63, 3.8) is 0 Å². The molecule has 17 heavy (non-hydrogen) atoms. The fourth-order valence-corrected chi connectivity index (χ4v) is 1.84. The van der Waals surface area contributed by atoms with Crippen molar-refractivity contribution < 1.29 is 14.7 Å². The van der Waals surface area contributed by atoms with Gasteiger partial charge in [-0.1, -0.05) is 25.1 Å². The van der Waals surface area contributed by atoms with Crippen LogP contribution < -0.4 is 5.32 Å². The van der Waals surface area contributed by atoms with Gasteiger partial charge in [0, 0.05) is 5.56 Å². The van der Waals surface area contributed by atoms with Crippen molar-refractivity contribution in [2.75, 3.05) is 13.6 Å². The van der Waals surface area contributed by atoms with Crippen LogP contribution in [-0.2, 0) is 17.6 Å². The highest BCUT2D eigenvalue weighted by Gasteiger charge is 2.19. The van der Waals surface area contributed by atoms with Crippen LogP contribution in [0.4, 0.5) is 0 Å². The first-order chi connectivity index (χ1) is 8.11. The molecule has 0 aliphatic carbocycles. The molecule has 0 aliphatic rings. The Bertz CT molecular complexity index is 427. The predicted molar refractivity (Wildman–Crippen MR) is 65.4 cm³/mol. The Labute approximate surface area is 101 Å². The summed E-state index contributed by atoms with van der Waals surface area (Å²) in [7, 11) is 1.83. The Morgan fingerprint density at radius 1 is 1.35 bits per heavy atom. The summed E-state index contributed by atoms with van der Waals surface area (Å²) in [4.78, 5) is 22.3. The monoisotopic (exact) mass is 235 g/mol. The Morgan fingerprint density at radius 2 is 2.06 bits per heavy atom. The number of carboxylic acids is 1. The Balaban J connectivity index is 3.18. The molecule has 4 nitrogen and oxygen atoms in total. The first-order valence-corrected chi connectivity index (χ1v) is 5.64. The summed E-state index contributed by atoms with van der Waals surface area (Å²) in [6, 6.07) is 5.25. The fraction of sp³-hybridized carbons (Fsp3) is 0.385. The number of likely N-dealkylation sites (N-methyl/N-ethyl adjacent to an activating group) is 1. The number of nitrogens with one attached hydrogen (secondary N) is 1. The van der Waals surface area contributed by atoms with Crippen molar-refractivity contribution in [3.8, 4) is 0 Å². The lowest BCUT2D eigenvalue weighted by Gasteiger charge is -2.11. The topological polar surface area (TPSA) is 66.4 Å². The van der Waals surface area contributed by atoms with Crippen LogP contribution in [0, 0.1) is 0 Å². The Morgan fingerprint density at radius 3 is 2.59 bits per heavy atom. The quantitative estimate of drug-likeness (QED) is 0.575. The summed E-state index contributed by atoms with van der Waals surface area (Å²) in [5.41, 5.74) is 2.19. The molecule has 0 bridgehead atoms. The van der Waals surface area contributed by atoms with Crippen LogP contribution in [0.1, 0.15) is 28.4 Å². The standard InChI is InChI=1S/C13H17NO3/c1-3-9-5-4-6-11(12(15)13(16)17)10(9)7-8-14-2/h4-6,14H,3,7-8H2,1-2H3,(H,16,17). The number of carbonyl (C=O) groups excluding carboxylic acids is 1. The van der Waals surface area contributed by atoms with Crippen molar-refractivity contribution in [3.05, 3.63) is 34.9 Å². The molecule has 1 rings (SSSR count). The molecule has 1 aromatic carbocycles. The van der Waals surface area contributed by atoms with Gasteiger partial charge < -0.3 is 10.4 Å². The minimum Gasteiger partial charge on any atom is -0.475 e. The summed E-state index contributed by atoms with van der Waals surface area (Å²) in [6.45, 7) is 2.71.